The van der Waals surface area contributed by atoms with Crippen molar-refractivity contribution in [3.8, 4) is 17.6 Å². The Morgan fingerprint density at radius 2 is 1.19 bits per heavy atom. The Bertz CT molecular complexity index is 2300. The number of hydrogen-bond donors (Lipinski definition) is 5. The monoisotopic (exact) mass is 861 g/mol. The van der Waals surface area contributed by atoms with E-state index < -0.39 is 0 Å². The molecule has 6 aromatic rings. The van der Waals surface area contributed by atoms with Crippen molar-refractivity contribution >= 4 is 45.2 Å². The van der Waals surface area contributed by atoms with Crippen LogP contribution in [0.15, 0.2) is 73.7 Å². The number of amides is 1. The van der Waals surface area contributed by atoms with Crippen LogP contribution in [0.3, 0.4) is 0 Å². The summed E-state index contributed by atoms with van der Waals surface area (Å²) in [5, 5.41) is 21.7. The average Bonchev–Trinajstić information content (AvgIpc) is 3.85. The van der Waals surface area contributed by atoms with Gasteiger partial charge in [0.15, 0.2) is 5.69 Å². The highest BCUT2D eigenvalue weighted by atomic mass is 16.5. The first kappa shape index (κ1) is 47.3. The first-order valence-electron chi connectivity index (χ1n) is 21.5. The van der Waals surface area contributed by atoms with Crippen molar-refractivity contribution in [1.82, 2.24) is 45.4 Å². The molecule has 334 valence electrons. The fourth-order valence-corrected chi connectivity index (χ4v) is 7.04. The maximum Gasteiger partial charge on any atom is 0.269 e. The summed E-state index contributed by atoms with van der Waals surface area (Å²) in [5.41, 5.74) is 16.9. The summed E-state index contributed by atoms with van der Waals surface area (Å²) in [5.74, 6) is 1.92. The number of H-pyrrole nitrogens is 1. The standard InChI is InChI=1S/C19H19N7O.C18H20N6O2.2C4H10O/c20-9-14-10-25-18(11-24-14)26-13-1-3-15(4-2-13)27-17-8-12(21)7-16-19(17)23-6-5-22-16;19-11-9-15-17(21-8-7-20-15)16(10-11)26-13-3-1-12(2-4-13)23-18(25)14-5-6-22-24-14;2*1-3-5-4-2/h5-8,10-11,13,15H,1-4,21H2,(H,25,26);5-10,12-13H,1-4,19H2,(H,22,24)(H,23,25);2*3-4H2,1-2H3. The Morgan fingerprint density at radius 1 is 0.683 bits per heavy atom. The zero-order valence-electron chi connectivity index (χ0n) is 36.5. The molecule has 0 atom stereocenters. The molecule has 18 nitrogen and oxygen atoms in total. The molecule has 1 amide bonds. The number of nitrogens with two attached hydrogens (primary N) is 2. The molecule has 0 aliphatic heterocycles. The predicted molar refractivity (Wildman–Crippen MR) is 242 cm³/mol. The van der Waals surface area contributed by atoms with Gasteiger partial charge >= 0.3 is 0 Å². The maximum atomic E-state index is 12.1. The zero-order chi connectivity index (χ0) is 44.8. The number of nitrogens with zero attached hydrogens (tertiary/aromatic N) is 8. The number of hydrogen-bond acceptors (Lipinski definition) is 16. The Hall–Kier alpha value is -6.71. The van der Waals surface area contributed by atoms with Crippen LogP contribution in [-0.4, -0.2) is 96.7 Å². The largest absolute Gasteiger partial charge is 0.488 e. The van der Waals surface area contributed by atoms with Crippen molar-refractivity contribution in [2.75, 3.05) is 43.2 Å². The molecule has 2 aliphatic rings. The van der Waals surface area contributed by atoms with Crippen molar-refractivity contribution < 1.29 is 23.7 Å². The van der Waals surface area contributed by atoms with E-state index in [-0.39, 0.29) is 24.2 Å². The molecular formula is C45H59N13O5. The van der Waals surface area contributed by atoms with E-state index in [0.717, 1.165) is 99.9 Å². The number of nitrogens with one attached hydrogen (secondary N) is 3. The van der Waals surface area contributed by atoms with E-state index in [4.69, 9.17) is 35.7 Å². The average molecular weight is 862 g/mol. The number of ether oxygens (including phenoxy) is 4. The molecule has 8 rings (SSSR count). The Morgan fingerprint density at radius 3 is 1.62 bits per heavy atom. The number of carbonyl (C=O) groups is 1. The summed E-state index contributed by atoms with van der Waals surface area (Å²) in [6.07, 6.45) is 18.6. The molecule has 2 saturated carbocycles. The quantitative estimate of drug-likeness (QED) is 0.0791. The van der Waals surface area contributed by atoms with E-state index in [2.05, 4.69) is 50.7 Å². The summed E-state index contributed by atoms with van der Waals surface area (Å²) >= 11 is 0. The third-order valence-electron chi connectivity index (χ3n) is 10.1. The second kappa shape index (κ2) is 25.3. The summed E-state index contributed by atoms with van der Waals surface area (Å²) in [6.45, 7) is 11.3. The van der Waals surface area contributed by atoms with Crippen LogP contribution in [-0.2, 0) is 9.47 Å². The molecule has 0 spiro atoms. The topological polar surface area (TPSA) is 260 Å². The van der Waals surface area contributed by atoms with Crippen LogP contribution >= 0.6 is 0 Å². The number of fused-ring (bicyclic) bond motifs is 2. The Kier molecular flexibility index (Phi) is 19.0. The van der Waals surface area contributed by atoms with Crippen molar-refractivity contribution in [2.45, 2.75) is 103 Å². The van der Waals surface area contributed by atoms with Crippen molar-refractivity contribution in [2.24, 2.45) is 0 Å². The van der Waals surface area contributed by atoms with Crippen LogP contribution in [0.4, 0.5) is 17.2 Å². The summed E-state index contributed by atoms with van der Waals surface area (Å²) in [4.78, 5) is 37.7. The first-order valence-corrected chi connectivity index (χ1v) is 21.5. The molecule has 0 radical (unpaired) electrons. The molecule has 7 N–H and O–H groups in total. The molecular weight excluding hydrogens is 803 g/mol. The van der Waals surface area contributed by atoms with E-state index in [1.54, 1.807) is 61.4 Å². The van der Waals surface area contributed by atoms with Gasteiger partial charge in [0.2, 0.25) is 0 Å². The number of nitrogen functional groups attached to an aromatic ring is 2. The van der Waals surface area contributed by atoms with E-state index in [9.17, 15) is 4.79 Å². The smallest absolute Gasteiger partial charge is 0.269 e. The van der Waals surface area contributed by atoms with Crippen molar-refractivity contribution in [3.05, 3.63) is 85.1 Å². The van der Waals surface area contributed by atoms with Crippen LogP contribution < -0.4 is 31.6 Å². The molecule has 2 aliphatic carbocycles. The number of carbonyl (C=O) groups excluding carboxylic acids is 1. The lowest BCUT2D eigenvalue weighted by Gasteiger charge is -2.30. The number of rotatable bonds is 12. The normalized spacial score (nSPS) is 17.9. The molecule has 2 fully saturated rings. The SMILES string of the molecule is CCOCC.CCOCC.N#Cc1cnc(NC2CCC(Oc3cc(N)cc4nccnc34)CC2)cn1.Nc1cc(OC2CCC(NC(=O)c3ccn[nH]3)CC2)c2nccnc2c1. The molecule has 2 aromatic carbocycles. The molecule has 4 heterocycles. The zero-order valence-corrected chi connectivity index (χ0v) is 36.5. The maximum absolute atomic E-state index is 12.1. The minimum absolute atomic E-state index is 0.0716. The van der Waals surface area contributed by atoms with Crippen LogP contribution in [0, 0.1) is 11.3 Å². The summed E-state index contributed by atoms with van der Waals surface area (Å²) in [6, 6.07) is 11.3. The van der Waals surface area contributed by atoms with Gasteiger partial charge in [-0.1, -0.05) is 0 Å². The van der Waals surface area contributed by atoms with Crippen LogP contribution in [0.25, 0.3) is 22.1 Å². The Labute approximate surface area is 368 Å². The molecule has 18 heteroatoms. The van der Waals surface area contributed by atoms with Crippen LogP contribution in [0.5, 0.6) is 11.5 Å². The number of benzene rings is 2. The van der Waals surface area contributed by atoms with Gasteiger partial charge in [-0.05, 0) is 97.3 Å². The molecule has 0 saturated heterocycles. The van der Waals surface area contributed by atoms with E-state index in [1.165, 1.54) is 6.20 Å². The lowest BCUT2D eigenvalue weighted by Crippen LogP contribution is -2.39. The minimum Gasteiger partial charge on any atom is -0.488 e. The minimum atomic E-state index is -0.121. The number of nitriles is 1. The van der Waals surface area contributed by atoms with Crippen molar-refractivity contribution in [3.63, 3.8) is 0 Å². The third-order valence-corrected chi connectivity index (χ3v) is 10.1. The second-order valence-electron chi connectivity index (χ2n) is 14.6. The van der Waals surface area contributed by atoms with Gasteiger partial charge in [-0.15, -0.1) is 0 Å². The first-order chi connectivity index (χ1) is 30.7. The van der Waals surface area contributed by atoms with E-state index in [0.29, 0.717) is 46.1 Å². The van der Waals surface area contributed by atoms with Crippen LogP contribution in [0.2, 0.25) is 0 Å². The van der Waals surface area contributed by atoms with Gasteiger partial charge in [0.05, 0.1) is 35.6 Å². The van der Waals surface area contributed by atoms with Gasteiger partial charge in [-0.25, -0.2) is 19.9 Å². The number of aromatic nitrogens is 8. The molecule has 63 heavy (non-hydrogen) atoms. The van der Waals surface area contributed by atoms with Gasteiger partial charge < -0.3 is 41.0 Å². The van der Waals surface area contributed by atoms with Gasteiger partial charge in [0, 0.05) is 93.0 Å². The third kappa shape index (κ3) is 15.0. The van der Waals surface area contributed by atoms with E-state index in [1.807, 2.05) is 39.8 Å². The highest BCUT2D eigenvalue weighted by Gasteiger charge is 2.26. The lowest BCUT2D eigenvalue weighted by atomic mass is 9.92. The molecule has 4 aromatic heterocycles. The fourth-order valence-electron chi connectivity index (χ4n) is 7.04. The predicted octanol–water partition coefficient (Wildman–Crippen LogP) is 6.82. The fraction of sp³-hybridized carbons (Fsp3) is 0.444. The van der Waals surface area contributed by atoms with Gasteiger partial charge in [-0.3, -0.25) is 19.9 Å². The number of aromatic amines is 1. The van der Waals surface area contributed by atoms with Crippen LogP contribution in [0.1, 0.15) is 95.2 Å². The number of anilines is 3. The molecule has 0 unspecified atom stereocenters. The van der Waals surface area contributed by atoms with Crippen molar-refractivity contribution in [1.29, 1.82) is 5.26 Å². The summed E-state index contributed by atoms with van der Waals surface area (Å²) in [7, 11) is 0. The summed E-state index contributed by atoms with van der Waals surface area (Å²) < 4.78 is 22.0. The lowest BCUT2D eigenvalue weighted by molar-refractivity contribution is 0.0890. The van der Waals surface area contributed by atoms with Gasteiger partial charge in [0.25, 0.3) is 5.91 Å². The highest BCUT2D eigenvalue weighted by Crippen LogP contribution is 2.32. The van der Waals surface area contributed by atoms with E-state index >= 15 is 0 Å². The van der Waals surface area contributed by atoms with Gasteiger partial charge in [0.1, 0.15) is 40.1 Å². The van der Waals surface area contributed by atoms with Gasteiger partial charge in [-0.2, -0.15) is 10.4 Å². The highest BCUT2D eigenvalue weighted by molar-refractivity contribution is 5.92. The molecule has 0 bridgehead atoms. The second-order valence-corrected chi connectivity index (χ2v) is 14.6. The Balaban J connectivity index is 0.000000196.